The smallest absolute Gasteiger partial charge is 0.356 e. The van der Waals surface area contributed by atoms with E-state index in [1.807, 2.05) is 117 Å². The Morgan fingerprint density at radius 3 is 1.44 bits per heavy atom. The highest BCUT2D eigenvalue weighted by molar-refractivity contribution is 14.1. The van der Waals surface area contributed by atoms with Gasteiger partial charge in [-0.1, -0.05) is 42.6 Å². The number of rotatable bonds is 17. The van der Waals surface area contributed by atoms with Crippen molar-refractivity contribution in [2.75, 3.05) is 11.9 Å². The van der Waals surface area contributed by atoms with E-state index in [0.717, 1.165) is 83.2 Å². The van der Waals surface area contributed by atoms with Crippen molar-refractivity contribution in [1.29, 1.82) is 0 Å². The fourth-order valence-electron chi connectivity index (χ4n) is 10.1. The average Bonchev–Trinajstić information content (AvgIpc) is 1.60. The molecule has 0 aromatic carbocycles. The molecule has 2 N–H and O–H groups in total. The molecule has 11 heterocycles. The number of hydrogen-bond donors (Lipinski definition) is 2. The van der Waals surface area contributed by atoms with Crippen LogP contribution in [0.4, 0.5) is 5.82 Å². The van der Waals surface area contributed by atoms with Gasteiger partial charge in [0.25, 0.3) is 5.91 Å². The van der Waals surface area contributed by atoms with E-state index in [0.29, 0.717) is 69.8 Å². The van der Waals surface area contributed by atoms with E-state index in [9.17, 15) is 14.4 Å². The first-order valence-electron chi connectivity index (χ1n) is 32.2. The van der Waals surface area contributed by atoms with Crippen molar-refractivity contribution in [2.24, 2.45) is 0 Å². The number of amides is 1. The van der Waals surface area contributed by atoms with Crippen molar-refractivity contribution in [3.8, 4) is 56.0 Å². The third-order valence-corrected chi connectivity index (χ3v) is 17.9. The second-order valence-corrected chi connectivity index (χ2v) is 26.6. The van der Waals surface area contributed by atoms with Gasteiger partial charge in [0.1, 0.15) is 38.9 Å². The van der Waals surface area contributed by atoms with Crippen LogP contribution in [0.5, 0.6) is 0 Å². The van der Waals surface area contributed by atoms with E-state index in [1.54, 1.807) is 78.3 Å². The van der Waals surface area contributed by atoms with Gasteiger partial charge in [0.2, 0.25) is 5.82 Å². The molecule has 0 unspecified atom stereocenters. The molecule has 11 aromatic rings. The zero-order valence-corrected chi connectivity index (χ0v) is 58.7. The number of anilines is 1. The lowest BCUT2D eigenvalue weighted by molar-refractivity contribution is 0.0492. The molecule has 4 aliphatic carbocycles. The number of nitrogens with zero attached hydrogens (tertiary/aromatic N) is 18. The van der Waals surface area contributed by atoms with E-state index in [2.05, 4.69) is 107 Å². The molecule has 97 heavy (non-hydrogen) atoms. The maximum atomic E-state index is 12.9. The van der Waals surface area contributed by atoms with Gasteiger partial charge >= 0.3 is 11.9 Å². The van der Waals surface area contributed by atoms with Gasteiger partial charge in [-0.05, 0) is 232 Å². The van der Waals surface area contributed by atoms with Gasteiger partial charge < -0.3 is 15.2 Å². The second-order valence-electron chi connectivity index (χ2n) is 24.7. The molecule has 0 atom stereocenters. The Morgan fingerprint density at radius 1 is 0.577 bits per heavy atom. The van der Waals surface area contributed by atoms with Crippen molar-refractivity contribution >= 4 is 69.5 Å². The number of tetrazole rings is 1. The van der Waals surface area contributed by atoms with Gasteiger partial charge in [-0.3, -0.25) is 28.5 Å². The van der Waals surface area contributed by atoms with Crippen LogP contribution >= 0.6 is 45.8 Å². The number of aryl methyl sites for hydroxylation is 5. The van der Waals surface area contributed by atoms with E-state index < -0.39 is 5.97 Å². The Morgan fingerprint density at radius 2 is 1.00 bits per heavy atom. The van der Waals surface area contributed by atoms with Crippen LogP contribution in [0.2, 0.25) is 10.3 Å². The molecule has 0 spiro atoms. The van der Waals surface area contributed by atoms with Crippen molar-refractivity contribution in [3.05, 3.63) is 188 Å². The second kappa shape index (κ2) is 31.2. The number of ether oxygens (including phenoxy) is 1. The van der Waals surface area contributed by atoms with Crippen molar-refractivity contribution in [3.63, 3.8) is 0 Å². The number of aromatic carboxylic acids is 1. The first kappa shape index (κ1) is 68.9. The number of pyridine rings is 6. The van der Waals surface area contributed by atoms with Gasteiger partial charge in [-0.15, -0.1) is 5.10 Å². The molecule has 4 saturated carbocycles. The Bertz CT molecular complexity index is 4600. The summed E-state index contributed by atoms with van der Waals surface area (Å²) in [6.45, 7) is 16.4. The Kier molecular flexibility index (Phi) is 22.1. The summed E-state index contributed by atoms with van der Waals surface area (Å²) >= 11 is 13.7. The number of halogens is 3. The molecule has 0 bridgehead atoms. The molecule has 11 aromatic heterocycles. The van der Waals surface area contributed by atoms with Crippen LogP contribution in [0.25, 0.3) is 56.0 Å². The maximum Gasteiger partial charge on any atom is 0.356 e. The molecule has 0 aliphatic heterocycles. The molecule has 0 radical (unpaired) electrons. The lowest BCUT2D eigenvalue weighted by atomic mass is 10.0. The Hall–Kier alpha value is -9.47. The minimum Gasteiger partial charge on any atom is -0.477 e. The quantitative estimate of drug-likeness (QED) is 0.0371. The molecule has 1 amide bonds. The van der Waals surface area contributed by atoms with Gasteiger partial charge in [0.15, 0.2) is 0 Å². The Labute approximate surface area is 584 Å². The van der Waals surface area contributed by atoms with Crippen LogP contribution in [0.1, 0.15) is 174 Å². The molecule has 24 nitrogen and oxygen atoms in total. The first-order valence-corrected chi connectivity index (χ1v) is 34.1. The highest BCUT2D eigenvalue weighted by Crippen LogP contribution is 2.39. The number of nitrogens with one attached hydrogen (secondary N) is 1. The van der Waals surface area contributed by atoms with Crippen molar-refractivity contribution < 1.29 is 24.2 Å². The predicted octanol–water partition coefficient (Wildman–Crippen LogP) is 15.2. The molecule has 4 aliphatic rings. The third kappa shape index (κ3) is 18.2. The van der Waals surface area contributed by atoms with Crippen LogP contribution in [0.3, 0.4) is 0 Å². The van der Waals surface area contributed by atoms with Crippen LogP contribution in [0.15, 0.2) is 129 Å². The third-order valence-electron chi connectivity index (χ3n) is 16.3. The number of carbonyl (C=O) groups excluding carboxylic acids is 2. The molecule has 0 saturated heterocycles. The zero-order valence-electron chi connectivity index (χ0n) is 55.1. The summed E-state index contributed by atoms with van der Waals surface area (Å²) in [5.41, 5.74) is 14.6. The maximum absolute atomic E-state index is 12.9. The SMILES string of the molecule is CCCCOC(=O)c1cc(-c2cnn(C3CC3)c2)c(C)cn1.Cc1cnc(C(=O)Nc2cccc(-c3nnnn3C(C)C)n2)cc1-c1cnn(C2CC2)c1.Cc1cnc(C(=O)O)cc1-c1cnn(C2CC2)c1.Cc1cnc(Cl)cc1-c1cnn(C2CC2)c1.Cc1cnc(Cl)cc1I. The summed E-state index contributed by atoms with van der Waals surface area (Å²) < 4.78 is 16.1. The average molecular weight is 1460 g/mol. The fraction of sp³-hybridized carbons (Fsp3) is 0.343. The lowest BCUT2D eigenvalue weighted by Gasteiger charge is -2.10. The number of esters is 1. The number of hydrogen-bond acceptors (Lipinski definition) is 17. The number of carboxylic acids is 1. The minimum atomic E-state index is -1.01. The van der Waals surface area contributed by atoms with Crippen molar-refractivity contribution in [2.45, 2.75) is 150 Å². The normalized spacial score (nSPS) is 13.8. The molecule has 500 valence electrons. The molecular formula is C70H74Cl2IN19O5. The largest absolute Gasteiger partial charge is 0.477 e. The molecule has 15 rings (SSSR count). The zero-order chi connectivity index (χ0) is 68.4. The summed E-state index contributed by atoms with van der Waals surface area (Å²) in [4.78, 5) is 60.8. The summed E-state index contributed by atoms with van der Waals surface area (Å²) in [7, 11) is 0. The van der Waals surface area contributed by atoms with E-state index >= 15 is 0 Å². The van der Waals surface area contributed by atoms with E-state index in [4.69, 9.17) is 33.0 Å². The van der Waals surface area contributed by atoms with Gasteiger partial charge in [-0.2, -0.15) is 20.4 Å². The van der Waals surface area contributed by atoms with Crippen LogP contribution < -0.4 is 5.32 Å². The molecular weight excluding hydrogens is 1380 g/mol. The summed E-state index contributed by atoms with van der Waals surface area (Å²) in [5, 5.41) is 42.3. The van der Waals surface area contributed by atoms with Crippen LogP contribution in [-0.4, -0.2) is 119 Å². The summed E-state index contributed by atoms with van der Waals surface area (Å²) in [5.74, 6) is -0.764. The highest BCUT2D eigenvalue weighted by atomic mass is 127. The Balaban J connectivity index is 0.000000129. The van der Waals surface area contributed by atoms with Gasteiger partial charge in [0, 0.05) is 81.6 Å². The van der Waals surface area contributed by atoms with E-state index in [1.165, 1.54) is 56.9 Å². The standard InChI is InChI=1S/C22H23N9O.C17H21N3O2.C13H13N3O2.C12H12ClN3.C6H5ClIN/c1-13(2)31-21(27-28-29-31)18-5-4-6-20(25-18)26-22(32)19-9-17(14(3)10-23-19)15-11-24-30(12-15)16-7-8-16;1-3-4-7-22-17(21)16-8-15(12(2)9-18-16)13-10-19-20(11-13)14-5-6-14;1-8-5-14-12(13(17)18)4-11(8)9-6-15-16(7-9)10-2-3-10;1-8-5-14-12(13)4-11(8)9-6-15-16(7-9)10-2-3-10;1-4-3-9-6(7)2-5(4)8/h4-6,9-13,16H,7-8H2,1-3H3,(H,25,26,32);8-11,14H,3-7H2,1-2H3;4-7,10H,2-3H2,1H3,(H,17,18);4-7,10H,2-3H2,1H3;2-3H,1H3. The highest BCUT2D eigenvalue weighted by Gasteiger charge is 2.28. The fourth-order valence-corrected chi connectivity index (χ4v) is 11.0. The number of aromatic nitrogens is 18. The minimum absolute atomic E-state index is 0.0646. The predicted molar refractivity (Wildman–Crippen MR) is 377 cm³/mol. The van der Waals surface area contributed by atoms with Gasteiger partial charge in [0.05, 0.1) is 61.6 Å². The van der Waals surface area contributed by atoms with Crippen molar-refractivity contribution in [1.82, 2.24) is 89.2 Å². The summed E-state index contributed by atoms with van der Waals surface area (Å²) in [6, 6.07) is 16.6. The molecule has 4 fully saturated rings. The van der Waals surface area contributed by atoms with Crippen LogP contribution in [-0.2, 0) is 4.74 Å². The first-order chi connectivity index (χ1) is 46.8. The monoisotopic (exact) mass is 1460 g/mol. The topological polar surface area (TPSA) is 285 Å². The van der Waals surface area contributed by atoms with Gasteiger partial charge in [-0.25, -0.2) is 39.2 Å². The number of carbonyl (C=O) groups is 3. The van der Waals surface area contributed by atoms with Crippen LogP contribution in [0, 0.1) is 38.2 Å². The number of unbranched alkanes of at least 4 members (excludes halogenated alkanes) is 1. The lowest BCUT2D eigenvalue weighted by Crippen LogP contribution is -2.15. The molecule has 27 heteroatoms. The number of carboxylic acid groups (broad SMARTS) is 1. The summed E-state index contributed by atoms with van der Waals surface area (Å²) in [6.07, 6.45) is 35.6. The van der Waals surface area contributed by atoms with E-state index in [-0.39, 0.29) is 23.6 Å².